The van der Waals surface area contributed by atoms with Crippen molar-refractivity contribution in [2.24, 2.45) is 0 Å². The van der Waals surface area contributed by atoms with Crippen LogP contribution in [0.25, 0.3) is 10.9 Å². The van der Waals surface area contributed by atoms with Gasteiger partial charge in [0.1, 0.15) is 12.4 Å². The van der Waals surface area contributed by atoms with Gasteiger partial charge in [0.2, 0.25) is 5.91 Å². The molecule has 2 N–H and O–H groups in total. The lowest BCUT2D eigenvalue weighted by molar-refractivity contribution is -0.120. The molecule has 0 saturated carbocycles. The summed E-state index contributed by atoms with van der Waals surface area (Å²) >= 11 is 0. The van der Waals surface area contributed by atoms with Crippen LogP contribution in [-0.2, 0) is 24.4 Å². The van der Waals surface area contributed by atoms with E-state index < -0.39 is 0 Å². The van der Waals surface area contributed by atoms with Crippen molar-refractivity contribution in [3.05, 3.63) is 94.9 Å². The summed E-state index contributed by atoms with van der Waals surface area (Å²) in [5.74, 6) is 0.760. The summed E-state index contributed by atoms with van der Waals surface area (Å²) in [4.78, 5) is 20.2. The molecule has 0 spiro atoms. The summed E-state index contributed by atoms with van der Waals surface area (Å²) in [6.07, 6.45) is 2.10. The van der Waals surface area contributed by atoms with E-state index >= 15 is 0 Å². The first-order valence-corrected chi connectivity index (χ1v) is 10.0. The van der Waals surface area contributed by atoms with Gasteiger partial charge in [-0.15, -0.1) is 0 Å². The highest BCUT2D eigenvalue weighted by Crippen LogP contribution is 2.24. The molecule has 0 saturated heterocycles. The summed E-state index contributed by atoms with van der Waals surface area (Å²) in [7, 11) is 0. The fraction of sp³-hybridized carbons (Fsp3) is 0.200. The number of fused-ring (bicyclic) bond motifs is 1. The van der Waals surface area contributed by atoms with Gasteiger partial charge in [-0.3, -0.25) is 9.78 Å². The summed E-state index contributed by atoms with van der Waals surface area (Å²) in [5, 5.41) is 4.14. The second-order valence-electron chi connectivity index (χ2n) is 7.49. The van der Waals surface area contributed by atoms with Crippen LogP contribution in [0.2, 0.25) is 0 Å². The monoisotopic (exact) mass is 399 g/mol. The zero-order chi connectivity index (χ0) is 20.9. The van der Waals surface area contributed by atoms with Crippen LogP contribution in [0.4, 0.5) is 0 Å². The van der Waals surface area contributed by atoms with Crippen LogP contribution in [-0.4, -0.2) is 15.9 Å². The molecule has 0 unspecified atom stereocenters. The maximum atomic E-state index is 12.6. The molecule has 4 aromatic rings. The van der Waals surface area contributed by atoms with Crippen LogP contribution in [0.1, 0.15) is 28.1 Å². The van der Waals surface area contributed by atoms with Crippen LogP contribution < -0.4 is 10.1 Å². The van der Waals surface area contributed by atoms with Gasteiger partial charge >= 0.3 is 0 Å². The van der Waals surface area contributed by atoms with E-state index in [2.05, 4.69) is 40.4 Å². The standard InChI is InChI=1S/C25H25N3O2/c1-17-9-10-24-23(12-17)22(18(2)28-24)14-25(29)27-15-19-6-5-8-21(13-19)30-16-20-7-3-4-11-26-20/h3-13,28H,14-16H2,1-2H3,(H,27,29). The van der Waals surface area contributed by atoms with Gasteiger partial charge in [-0.1, -0.05) is 29.8 Å². The Labute approximate surface area is 176 Å². The lowest BCUT2D eigenvalue weighted by Crippen LogP contribution is -2.24. The van der Waals surface area contributed by atoms with E-state index in [0.717, 1.165) is 39.2 Å². The molecular formula is C25H25N3O2. The number of aromatic nitrogens is 2. The number of benzene rings is 2. The molecule has 0 aliphatic carbocycles. The molecule has 5 heteroatoms. The highest BCUT2D eigenvalue weighted by Gasteiger charge is 2.12. The Morgan fingerprint density at radius 3 is 2.80 bits per heavy atom. The van der Waals surface area contributed by atoms with E-state index in [9.17, 15) is 4.79 Å². The number of aryl methyl sites for hydroxylation is 2. The Morgan fingerprint density at radius 2 is 1.97 bits per heavy atom. The number of ether oxygens (including phenoxy) is 1. The lowest BCUT2D eigenvalue weighted by atomic mass is 10.1. The normalized spacial score (nSPS) is 10.9. The zero-order valence-corrected chi connectivity index (χ0v) is 17.2. The Balaban J connectivity index is 1.36. The minimum atomic E-state index is 0.000290. The maximum absolute atomic E-state index is 12.6. The summed E-state index contributed by atoms with van der Waals surface area (Å²) in [5.41, 5.74) is 6.22. The quantitative estimate of drug-likeness (QED) is 0.477. The number of H-pyrrole nitrogens is 1. The molecule has 152 valence electrons. The molecule has 0 aliphatic rings. The maximum Gasteiger partial charge on any atom is 0.224 e. The number of aromatic amines is 1. The van der Waals surface area contributed by atoms with Crippen molar-refractivity contribution < 1.29 is 9.53 Å². The van der Waals surface area contributed by atoms with Gasteiger partial charge in [0, 0.05) is 29.3 Å². The topological polar surface area (TPSA) is 67.0 Å². The van der Waals surface area contributed by atoms with E-state index in [1.807, 2.05) is 49.4 Å². The second kappa shape index (κ2) is 8.82. The number of carbonyl (C=O) groups excluding carboxylic acids is 1. The highest BCUT2D eigenvalue weighted by atomic mass is 16.5. The molecule has 2 aromatic heterocycles. The van der Waals surface area contributed by atoms with Crippen LogP contribution in [0.3, 0.4) is 0 Å². The predicted molar refractivity (Wildman–Crippen MR) is 118 cm³/mol. The van der Waals surface area contributed by atoms with E-state index in [1.54, 1.807) is 6.20 Å². The predicted octanol–water partition coefficient (Wildman–Crippen LogP) is 4.62. The van der Waals surface area contributed by atoms with Crippen LogP contribution in [0.5, 0.6) is 5.75 Å². The second-order valence-corrected chi connectivity index (χ2v) is 7.49. The number of nitrogens with one attached hydrogen (secondary N) is 2. The smallest absolute Gasteiger partial charge is 0.224 e. The Kier molecular flexibility index (Phi) is 5.80. The summed E-state index contributed by atoms with van der Waals surface area (Å²) < 4.78 is 5.82. The van der Waals surface area contributed by atoms with Crippen LogP contribution >= 0.6 is 0 Å². The first-order chi connectivity index (χ1) is 14.6. The molecule has 0 aliphatic heterocycles. The molecule has 0 fully saturated rings. The molecule has 0 atom stereocenters. The third-order valence-corrected chi connectivity index (χ3v) is 5.11. The number of hydrogen-bond acceptors (Lipinski definition) is 3. The van der Waals surface area contributed by atoms with Gasteiger partial charge in [-0.2, -0.15) is 0 Å². The molecule has 2 aromatic carbocycles. The van der Waals surface area contributed by atoms with E-state index in [-0.39, 0.29) is 5.91 Å². The number of nitrogens with zero attached hydrogens (tertiary/aromatic N) is 1. The average molecular weight is 399 g/mol. The Morgan fingerprint density at radius 1 is 1.07 bits per heavy atom. The molecule has 4 rings (SSSR count). The molecule has 5 nitrogen and oxygen atoms in total. The van der Waals surface area contributed by atoms with Crippen molar-refractivity contribution >= 4 is 16.8 Å². The van der Waals surface area contributed by atoms with Crippen molar-refractivity contribution in [1.82, 2.24) is 15.3 Å². The van der Waals surface area contributed by atoms with Gasteiger partial charge in [0.15, 0.2) is 0 Å². The summed E-state index contributed by atoms with van der Waals surface area (Å²) in [6.45, 7) is 4.95. The van der Waals surface area contributed by atoms with Gasteiger partial charge in [0.05, 0.1) is 12.1 Å². The fourth-order valence-corrected chi connectivity index (χ4v) is 3.53. The van der Waals surface area contributed by atoms with Gasteiger partial charge in [-0.25, -0.2) is 0 Å². The van der Waals surface area contributed by atoms with E-state index in [1.165, 1.54) is 5.56 Å². The molecule has 0 bridgehead atoms. The Bertz CT molecular complexity index is 1170. The first kappa shape index (κ1) is 19.7. The van der Waals surface area contributed by atoms with Crippen LogP contribution in [0.15, 0.2) is 66.9 Å². The summed E-state index contributed by atoms with van der Waals surface area (Å²) in [6, 6.07) is 19.8. The number of rotatable bonds is 7. The van der Waals surface area contributed by atoms with Gasteiger partial charge < -0.3 is 15.0 Å². The average Bonchev–Trinajstić information content (AvgIpc) is 3.06. The van der Waals surface area contributed by atoms with Crippen molar-refractivity contribution in [1.29, 1.82) is 0 Å². The Hall–Kier alpha value is -3.60. The third kappa shape index (κ3) is 4.69. The van der Waals surface area contributed by atoms with E-state index in [4.69, 9.17) is 4.74 Å². The minimum Gasteiger partial charge on any atom is -0.487 e. The van der Waals surface area contributed by atoms with E-state index in [0.29, 0.717) is 19.6 Å². The lowest BCUT2D eigenvalue weighted by Gasteiger charge is -2.09. The van der Waals surface area contributed by atoms with Crippen molar-refractivity contribution in [3.63, 3.8) is 0 Å². The largest absolute Gasteiger partial charge is 0.487 e. The van der Waals surface area contributed by atoms with Gasteiger partial charge in [-0.05, 0) is 61.4 Å². The van der Waals surface area contributed by atoms with Crippen LogP contribution in [0, 0.1) is 13.8 Å². The number of carbonyl (C=O) groups is 1. The number of hydrogen-bond donors (Lipinski definition) is 2. The van der Waals surface area contributed by atoms with Crippen molar-refractivity contribution in [2.75, 3.05) is 0 Å². The molecular weight excluding hydrogens is 374 g/mol. The zero-order valence-electron chi connectivity index (χ0n) is 17.2. The molecule has 2 heterocycles. The molecule has 30 heavy (non-hydrogen) atoms. The third-order valence-electron chi connectivity index (χ3n) is 5.11. The minimum absolute atomic E-state index is 0.000290. The molecule has 1 amide bonds. The highest BCUT2D eigenvalue weighted by molar-refractivity contribution is 5.90. The number of amides is 1. The van der Waals surface area contributed by atoms with Crippen molar-refractivity contribution in [3.8, 4) is 5.75 Å². The molecule has 0 radical (unpaired) electrons. The SMILES string of the molecule is Cc1ccc2[nH]c(C)c(CC(=O)NCc3cccc(OCc4ccccn4)c3)c2c1. The van der Waals surface area contributed by atoms with Gasteiger partial charge in [0.25, 0.3) is 0 Å². The first-order valence-electron chi connectivity index (χ1n) is 10.0. The van der Waals surface area contributed by atoms with Crippen molar-refractivity contribution in [2.45, 2.75) is 33.4 Å². The fourth-order valence-electron chi connectivity index (χ4n) is 3.53. The number of pyridine rings is 1.